The van der Waals surface area contributed by atoms with Crippen molar-refractivity contribution >= 4 is 0 Å². The summed E-state index contributed by atoms with van der Waals surface area (Å²) >= 11 is 0. The first-order valence-corrected chi connectivity index (χ1v) is 5.01. The summed E-state index contributed by atoms with van der Waals surface area (Å²) in [6.45, 7) is 2.95. The quantitative estimate of drug-likeness (QED) is 0.773. The molecule has 5 nitrogen and oxygen atoms in total. The van der Waals surface area contributed by atoms with Crippen molar-refractivity contribution in [1.82, 2.24) is 20.7 Å². The standard InChI is InChI=1S/C10H14N4O/c1-2-11-9(10-7-12-14-13-10)6-8-4-3-5-15-8/h3-5,7,9,11H,2,6H2,1H3,(H,12,13,14). The molecule has 0 aliphatic carbocycles. The van der Waals surface area contributed by atoms with E-state index < -0.39 is 0 Å². The average Bonchev–Trinajstić information content (AvgIpc) is 2.89. The van der Waals surface area contributed by atoms with E-state index in [1.165, 1.54) is 0 Å². The first-order chi connectivity index (χ1) is 7.40. The number of nitrogens with one attached hydrogen (secondary N) is 2. The Labute approximate surface area is 87.9 Å². The zero-order valence-electron chi connectivity index (χ0n) is 8.60. The molecule has 0 saturated heterocycles. The number of hydrogen-bond donors (Lipinski definition) is 2. The zero-order valence-corrected chi connectivity index (χ0v) is 8.60. The molecule has 1 atom stereocenters. The Morgan fingerprint density at radius 3 is 3.13 bits per heavy atom. The number of nitrogens with zero attached hydrogens (tertiary/aromatic N) is 2. The molecule has 2 N–H and O–H groups in total. The summed E-state index contributed by atoms with van der Waals surface area (Å²) in [7, 11) is 0. The summed E-state index contributed by atoms with van der Waals surface area (Å²) in [6.07, 6.45) is 4.20. The molecule has 0 aliphatic heterocycles. The van der Waals surface area contributed by atoms with E-state index in [4.69, 9.17) is 4.42 Å². The Morgan fingerprint density at radius 2 is 2.53 bits per heavy atom. The van der Waals surface area contributed by atoms with Gasteiger partial charge in [-0.2, -0.15) is 15.4 Å². The molecule has 2 aromatic rings. The highest BCUT2D eigenvalue weighted by Crippen LogP contribution is 2.15. The molecule has 0 aromatic carbocycles. The summed E-state index contributed by atoms with van der Waals surface area (Å²) in [5.74, 6) is 0.948. The first kappa shape index (κ1) is 9.92. The molecule has 15 heavy (non-hydrogen) atoms. The average molecular weight is 206 g/mol. The smallest absolute Gasteiger partial charge is 0.105 e. The Bertz CT molecular complexity index is 368. The normalized spacial score (nSPS) is 12.9. The van der Waals surface area contributed by atoms with Gasteiger partial charge < -0.3 is 9.73 Å². The monoisotopic (exact) mass is 206 g/mol. The molecule has 1 unspecified atom stereocenters. The van der Waals surface area contributed by atoms with Crippen LogP contribution in [0.3, 0.4) is 0 Å². The van der Waals surface area contributed by atoms with Crippen molar-refractivity contribution in [2.45, 2.75) is 19.4 Å². The molecular weight excluding hydrogens is 192 g/mol. The maximum absolute atomic E-state index is 5.31. The number of furan rings is 1. The third-order valence-electron chi connectivity index (χ3n) is 2.23. The summed E-state index contributed by atoms with van der Waals surface area (Å²) in [5.41, 5.74) is 0.910. The molecule has 2 heterocycles. The molecule has 5 heteroatoms. The van der Waals surface area contributed by atoms with Crippen molar-refractivity contribution in [2.24, 2.45) is 0 Å². The van der Waals surface area contributed by atoms with Gasteiger partial charge in [0.15, 0.2) is 0 Å². The second kappa shape index (κ2) is 4.75. The van der Waals surface area contributed by atoms with E-state index in [9.17, 15) is 0 Å². The summed E-state index contributed by atoms with van der Waals surface area (Å²) in [4.78, 5) is 0. The van der Waals surface area contributed by atoms with Gasteiger partial charge in [-0.3, -0.25) is 0 Å². The fourth-order valence-corrected chi connectivity index (χ4v) is 1.54. The maximum atomic E-state index is 5.31. The van der Waals surface area contributed by atoms with Crippen LogP contribution >= 0.6 is 0 Å². The number of aromatic amines is 1. The van der Waals surface area contributed by atoms with Crippen LogP contribution < -0.4 is 5.32 Å². The van der Waals surface area contributed by atoms with E-state index in [0.29, 0.717) is 0 Å². The lowest BCUT2D eigenvalue weighted by atomic mass is 10.1. The van der Waals surface area contributed by atoms with Gasteiger partial charge in [0.25, 0.3) is 0 Å². The number of H-pyrrole nitrogens is 1. The van der Waals surface area contributed by atoms with Gasteiger partial charge in [-0.1, -0.05) is 6.92 Å². The van der Waals surface area contributed by atoms with Crippen LogP contribution in [0.4, 0.5) is 0 Å². The van der Waals surface area contributed by atoms with E-state index >= 15 is 0 Å². The molecule has 0 saturated carbocycles. The van der Waals surface area contributed by atoms with Crippen molar-refractivity contribution < 1.29 is 4.42 Å². The van der Waals surface area contributed by atoms with Crippen LogP contribution in [-0.2, 0) is 6.42 Å². The topological polar surface area (TPSA) is 66.7 Å². The third-order valence-corrected chi connectivity index (χ3v) is 2.23. The van der Waals surface area contributed by atoms with Gasteiger partial charge >= 0.3 is 0 Å². The lowest BCUT2D eigenvalue weighted by Crippen LogP contribution is -2.23. The Hall–Kier alpha value is -1.62. The van der Waals surface area contributed by atoms with Crippen molar-refractivity contribution in [3.63, 3.8) is 0 Å². The number of likely N-dealkylation sites (N-methyl/N-ethyl adjacent to an activating group) is 1. The van der Waals surface area contributed by atoms with Crippen LogP contribution in [0.15, 0.2) is 29.0 Å². The highest BCUT2D eigenvalue weighted by molar-refractivity contribution is 5.07. The van der Waals surface area contributed by atoms with Crippen molar-refractivity contribution in [1.29, 1.82) is 0 Å². The molecule has 0 amide bonds. The Balaban J connectivity index is 2.07. The van der Waals surface area contributed by atoms with Crippen LogP contribution in [0.1, 0.15) is 24.4 Å². The molecule has 0 spiro atoms. The predicted octanol–water partition coefficient (Wildman–Crippen LogP) is 1.29. The molecule has 0 bridgehead atoms. The zero-order chi connectivity index (χ0) is 10.5. The summed E-state index contributed by atoms with van der Waals surface area (Å²) in [6, 6.07) is 4.01. The molecule has 2 rings (SSSR count). The summed E-state index contributed by atoms with van der Waals surface area (Å²) in [5, 5.41) is 13.8. The fourth-order valence-electron chi connectivity index (χ4n) is 1.54. The van der Waals surface area contributed by atoms with Crippen LogP contribution in [0.5, 0.6) is 0 Å². The SMILES string of the molecule is CCNC(Cc1ccco1)c1cn[nH]n1. The van der Waals surface area contributed by atoms with Gasteiger partial charge in [0.2, 0.25) is 0 Å². The largest absolute Gasteiger partial charge is 0.469 e. The van der Waals surface area contributed by atoms with Gasteiger partial charge in [-0.25, -0.2) is 0 Å². The molecule has 80 valence electrons. The second-order valence-corrected chi connectivity index (χ2v) is 3.29. The van der Waals surface area contributed by atoms with E-state index in [1.807, 2.05) is 12.1 Å². The highest BCUT2D eigenvalue weighted by atomic mass is 16.3. The molecular formula is C10H14N4O. The van der Waals surface area contributed by atoms with Crippen LogP contribution in [0.25, 0.3) is 0 Å². The number of hydrogen-bond acceptors (Lipinski definition) is 4. The van der Waals surface area contributed by atoms with Crippen LogP contribution in [-0.4, -0.2) is 22.0 Å². The highest BCUT2D eigenvalue weighted by Gasteiger charge is 2.14. The minimum absolute atomic E-state index is 0.153. The van der Waals surface area contributed by atoms with Gasteiger partial charge in [0.1, 0.15) is 5.76 Å². The predicted molar refractivity (Wildman–Crippen MR) is 55.2 cm³/mol. The Morgan fingerprint density at radius 1 is 1.60 bits per heavy atom. The second-order valence-electron chi connectivity index (χ2n) is 3.29. The Kier molecular flexibility index (Phi) is 3.14. The lowest BCUT2D eigenvalue weighted by Gasteiger charge is -2.13. The van der Waals surface area contributed by atoms with Gasteiger partial charge in [0.05, 0.1) is 24.2 Å². The van der Waals surface area contributed by atoms with E-state index in [-0.39, 0.29) is 6.04 Å². The van der Waals surface area contributed by atoms with Gasteiger partial charge in [-0.05, 0) is 18.7 Å². The van der Waals surface area contributed by atoms with E-state index in [0.717, 1.165) is 24.4 Å². The molecule has 0 aliphatic rings. The van der Waals surface area contributed by atoms with E-state index in [1.54, 1.807) is 12.5 Å². The minimum atomic E-state index is 0.153. The maximum Gasteiger partial charge on any atom is 0.105 e. The minimum Gasteiger partial charge on any atom is -0.469 e. The first-order valence-electron chi connectivity index (χ1n) is 5.01. The lowest BCUT2D eigenvalue weighted by molar-refractivity contribution is 0.449. The summed E-state index contributed by atoms with van der Waals surface area (Å²) < 4.78 is 5.31. The molecule has 2 aromatic heterocycles. The van der Waals surface area contributed by atoms with Crippen molar-refractivity contribution in [3.8, 4) is 0 Å². The number of rotatable bonds is 5. The molecule has 0 fully saturated rings. The van der Waals surface area contributed by atoms with Crippen molar-refractivity contribution in [3.05, 3.63) is 36.0 Å². The van der Waals surface area contributed by atoms with Crippen LogP contribution in [0.2, 0.25) is 0 Å². The third kappa shape index (κ3) is 2.44. The molecule has 0 radical (unpaired) electrons. The van der Waals surface area contributed by atoms with Gasteiger partial charge in [0, 0.05) is 6.42 Å². The fraction of sp³-hybridized carbons (Fsp3) is 0.400. The number of aromatic nitrogens is 3. The van der Waals surface area contributed by atoms with Crippen molar-refractivity contribution in [2.75, 3.05) is 6.54 Å². The van der Waals surface area contributed by atoms with E-state index in [2.05, 4.69) is 27.7 Å². The van der Waals surface area contributed by atoms with Gasteiger partial charge in [-0.15, -0.1) is 0 Å². The van der Waals surface area contributed by atoms with Crippen LogP contribution in [0, 0.1) is 0 Å².